The molecule has 1 N–H and O–H groups in total. The molecule has 0 aliphatic heterocycles. The number of carbonyl (C=O) groups is 1. The van der Waals surface area contributed by atoms with Gasteiger partial charge < -0.3 is 5.11 Å². The van der Waals surface area contributed by atoms with Gasteiger partial charge in [0.1, 0.15) is 5.82 Å². The van der Waals surface area contributed by atoms with Gasteiger partial charge in [-0.15, -0.1) is 0 Å². The van der Waals surface area contributed by atoms with Crippen LogP contribution in [-0.4, -0.2) is 30.6 Å². The molecule has 0 aliphatic rings. The zero-order valence-electron chi connectivity index (χ0n) is 7.95. The van der Waals surface area contributed by atoms with Crippen LogP contribution < -0.4 is 0 Å². The van der Waals surface area contributed by atoms with Crippen LogP contribution in [0.25, 0.3) is 5.82 Å². The summed E-state index contributed by atoms with van der Waals surface area (Å²) >= 11 is 0. The number of imidazole rings is 1. The third kappa shape index (κ3) is 1.69. The first-order valence-electron chi connectivity index (χ1n) is 4.24. The van der Waals surface area contributed by atoms with E-state index in [9.17, 15) is 4.79 Å². The Hall–Kier alpha value is -2.24. The molecule has 2 aromatic rings. The molecule has 76 valence electrons. The summed E-state index contributed by atoms with van der Waals surface area (Å²) in [7, 11) is 0. The van der Waals surface area contributed by atoms with Crippen LogP contribution in [-0.2, 0) is 0 Å². The molecule has 2 heterocycles. The Bertz CT molecular complexity index is 489. The van der Waals surface area contributed by atoms with Crippen LogP contribution in [0.5, 0.6) is 0 Å². The Morgan fingerprint density at radius 3 is 2.60 bits per heavy atom. The summed E-state index contributed by atoms with van der Waals surface area (Å²) in [6.07, 6.45) is 6.00. The number of rotatable bonds is 2. The molecule has 15 heavy (non-hydrogen) atoms. The second-order valence-electron chi connectivity index (χ2n) is 2.91. The number of hydrogen-bond acceptors (Lipinski definition) is 4. The largest absolute Gasteiger partial charge is 0.476 e. The number of nitrogens with zero attached hydrogens (tertiary/aromatic N) is 4. The van der Waals surface area contributed by atoms with E-state index in [0.29, 0.717) is 5.82 Å². The van der Waals surface area contributed by atoms with Crippen molar-refractivity contribution in [2.24, 2.45) is 0 Å². The average molecular weight is 204 g/mol. The highest BCUT2D eigenvalue weighted by atomic mass is 16.4. The van der Waals surface area contributed by atoms with Gasteiger partial charge in [-0.3, -0.25) is 4.57 Å². The molecule has 2 rings (SSSR count). The van der Waals surface area contributed by atoms with Crippen LogP contribution in [0.4, 0.5) is 0 Å². The van der Waals surface area contributed by atoms with E-state index in [-0.39, 0.29) is 5.69 Å². The molecule has 0 aliphatic carbocycles. The van der Waals surface area contributed by atoms with E-state index >= 15 is 0 Å². The lowest BCUT2D eigenvalue weighted by atomic mass is 10.4. The van der Waals surface area contributed by atoms with E-state index in [2.05, 4.69) is 15.0 Å². The molecule has 0 atom stereocenters. The summed E-state index contributed by atoms with van der Waals surface area (Å²) in [5.74, 6) is 0.235. The summed E-state index contributed by atoms with van der Waals surface area (Å²) in [6.45, 7) is 1.83. The van der Waals surface area contributed by atoms with E-state index in [4.69, 9.17) is 5.11 Å². The first-order chi connectivity index (χ1) is 7.18. The van der Waals surface area contributed by atoms with Crippen LogP contribution in [0.1, 0.15) is 16.3 Å². The first kappa shape index (κ1) is 9.32. The van der Waals surface area contributed by atoms with Gasteiger partial charge in [-0.25, -0.2) is 19.7 Å². The van der Waals surface area contributed by atoms with Crippen molar-refractivity contribution in [3.8, 4) is 5.82 Å². The Morgan fingerprint density at radius 2 is 2.13 bits per heavy atom. The normalized spacial score (nSPS) is 10.2. The number of carboxylic acids is 1. The summed E-state index contributed by atoms with van der Waals surface area (Å²) in [5.41, 5.74) is -0.0727. The lowest BCUT2D eigenvalue weighted by Crippen LogP contribution is -2.05. The fourth-order valence-electron chi connectivity index (χ4n) is 1.18. The third-order valence-electron chi connectivity index (χ3n) is 1.93. The van der Waals surface area contributed by atoms with Gasteiger partial charge in [0.05, 0.1) is 12.4 Å². The van der Waals surface area contributed by atoms with Gasteiger partial charge in [0.25, 0.3) is 0 Å². The van der Waals surface area contributed by atoms with Gasteiger partial charge in [0, 0.05) is 12.4 Å². The molecule has 0 spiro atoms. The minimum Gasteiger partial charge on any atom is -0.476 e. The minimum absolute atomic E-state index is 0.0727. The molecule has 0 unspecified atom stereocenters. The summed E-state index contributed by atoms with van der Waals surface area (Å²) in [6, 6.07) is 0. The molecule has 6 heteroatoms. The fraction of sp³-hybridized carbons (Fsp3) is 0.111. The van der Waals surface area contributed by atoms with Crippen molar-refractivity contribution in [3.05, 3.63) is 36.3 Å². The van der Waals surface area contributed by atoms with Crippen molar-refractivity contribution in [1.82, 2.24) is 19.5 Å². The smallest absolute Gasteiger partial charge is 0.356 e. The topological polar surface area (TPSA) is 80.9 Å². The molecule has 0 saturated heterocycles. The Labute approximate surface area is 85.3 Å². The fourth-order valence-corrected chi connectivity index (χ4v) is 1.18. The van der Waals surface area contributed by atoms with Gasteiger partial charge in [0.2, 0.25) is 0 Å². The number of hydrogen-bond donors (Lipinski definition) is 1. The van der Waals surface area contributed by atoms with E-state index in [0.717, 1.165) is 5.82 Å². The van der Waals surface area contributed by atoms with Crippen molar-refractivity contribution in [2.75, 3.05) is 0 Å². The Morgan fingerprint density at radius 1 is 1.33 bits per heavy atom. The standard InChI is InChI=1S/C9H8N4O2/c1-6-10-2-3-13(6)8-5-11-7(4-12-8)9(14)15/h2-5H,1H3,(H,14,15). The van der Waals surface area contributed by atoms with Gasteiger partial charge in [-0.05, 0) is 6.92 Å². The molecule has 6 nitrogen and oxygen atoms in total. The van der Waals surface area contributed by atoms with Gasteiger partial charge >= 0.3 is 5.97 Å². The van der Waals surface area contributed by atoms with Crippen LogP contribution in [0, 0.1) is 6.92 Å². The second-order valence-corrected chi connectivity index (χ2v) is 2.91. The van der Waals surface area contributed by atoms with Crippen molar-refractivity contribution < 1.29 is 9.90 Å². The summed E-state index contributed by atoms with van der Waals surface area (Å²) in [5, 5.41) is 8.64. The maximum atomic E-state index is 10.5. The summed E-state index contributed by atoms with van der Waals surface area (Å²) in [4.78, 5) is 22.3. The lowest BCUT2D eigenvalue weighted by Gasteiger charge is -2.02. The number of aromatic nitrogens is 4. The number of aryl methyl sites for hydroxylation is 1. The minimum atomic E-state index is -1.09. The molecule has 0 saturated carbocycles. The predicted molar refractivity (Wildman–Crippen MR) is 50.9 cm³/mol. The number of aromatic carboxylic acids is 1. The van der Waals surface area contributed by atoms with Crippen molar-refractivity contribution in [1.29, 1.82) is 0 Å². The SMILES string of the molecule is Cc1nccn1-c1cnc(C(=O)O)cn1. The second kappa shape index (κ2) is 3.49. The van der Waals surface area contributed by atoms with E-state index in [1.54, 1.807) is 17.0 Å². The van der Waals surface area contributed by atoms with Crippen molar-refractivity contribution >= 4 is 5.97 Å². The third-order valence-corrected chi connectivity index (χ3v) is 1.93. The molecule has 0 fully saturated rings. The number of carboxylic acid groups (broad SMARTS) is 1. The molecule has 2 aromatic heterocycles. The van der Waals surface area contributed by atoms with Crippen LogP contribution >= 0.6 is 0 Å². The zero-order chi connectivity index (χ0) is 10.8. The van der Waals surface area contributed by atoms with Crippen molar-refractivity contribution in [2.45, 2.75) is 6.92 Å². The monoisotopic (exact) mass is 204 g/mol. The molecular weight excluding hydrogens is 196 g/mol. The van der Waals surface area contributed by atoms with Gasteiger partial charge in [-0.1, -0.05) is 0 Å². The van der Waals surface area contributed by atoms with E-state index in [1.807, 2.05) is 6.92 Å². The van der Waals surface area contributed by atoms with E-state index < -0.39 is 5.97 Å². The Balaban J connectivity index is 2.40. The average Bonchev–Trinajstić information content (AvgIpc) is 2.65. The quantitative estimate of drug-likeness (QED) is 0.777. The first-order valence-corrected chi connectivity index (χ1v) is 4.24. The maximum Gasteiger partial charge on any atom is 0.356 e. The highest BCUT2D eigenvalue weighted by molar-refractivity contribution is 5.84. The zero-order valence-corrected chi connectivity index (χ0v) is 7.95. The lowest BCUT2D eigenvalue weighted by molar-refractivity contribution is 0.0690. The van der Waals surface area contributed by atoms with Crippen molar-refractivity contribution in [3.63, 3.8) is 0 Å². The van der Waals surface area contributed by atoms with Gasteiger partial charge in [-0.2, -0.15) is 0 Å². The van der Waals surface area contributed by atoms with Crippen LogP contribution in [0.2, 0.25) is 0 Å². The molecule has 0 aromatic carbocycles. The molecule has 0 radical (unpaired) electrons. The molecule has 0 amide bonds. The molecule has 0 bridgehead atoms. The predicted octanol–water partition coefficient (Wildman–Crippen LogP) is 0.669. The Kier molecular flexibility index (Phi) is 2.17. The highest BCUT2D eigenvalue weighted by Crippen LogP contribution is 2.05. The van der Waals surface area contributed by atoms with Gasteiger partial charge in [0.15, 0.2) is 11.5 Å². The van der Waals surface area contributed by atoms with Crippen LogP contribution in [0.15, 0.2) is 24.8 Å². The maximum absolute atomic E-state index is 10.5. The highest BCUT2D eigenvalue weighted by Gasteiger charge is 2.06. The summed E-state index contributed by atoms with van der Waals surface area (Å²) < 4.78 is 1.72. The van der Waals surface area contributed by atoms with Crippen LogP contribution in [0.3, 0.4) is 0 Å². The molecular formula is C9H8N4O2. The van der Waals surface area contributed by atoms with E-state index in [1.165, 1.54) is 12.4 Å².